The van der Waals surface area contributed by atoms with Gasteiger partial charge in [-0.25, -0.2) is 9.50 Å². The number of hydrogen-bond donors (Lipinski definition) is 0. The summed E-state index contributed by atoms with van der Waals surface area (Å²) in [5, 5.41) is 4.40. The molecule has 0 bridgehead atoms. The van der Waals surface area contributed by atoms with E-state index >= 15 is 0 Å². The Bertz CT molecular complexity index is 1060. The molecule has 0 radical (unpaired) electrons. The van der Waals surface area contributed by atoms with Gasteiger partial charge in [0.25, 0.3) is 5.91 Å². The number of carbonyl (C=O) groups excluding carboxylic acids is 1. The third-order valence-electron chi connectivity index (χ3n) is 5.13. The van der Waals surface area contributed by atoms with Crippen LogP contribution in [0.15, 0.2) is 35.1 Å². The van der Waals surface area contributed by atoms with Crippen LogP contribution >= 0.6 is 15.9 Å². The Hall–Kier alpha value is -2.61. The second-order valence-electron chi connectivity index (χ2n) is 6.69. The lowest BCUT2D eigenvalue weighted by Gasteiger charge is -2.36. The predicted molar refractivity (Wildman–Crippen MR) is 101 cm³/mol. The molecule has 0 spiro atoms. The van der Waals surface area contributed by atoms with E-state index in [0.29, 0.717) is 31.1 Å². The summed E-state index contributed by atoms with van der Waals surface area (Å²) >= 11 is 3.37. The van der Waals surface area contributed by atoms with Gasteiger partial charge in [0.1, 0.15) is 13.2 Å². The van der Waals surface area contributed by atoms with Gasteiger partial charge in [-0.3, -0.25) is 4.79 Å². The highest BCUT2D eigenvalue weighted by molar-refractivity contribution is 9.10. The highest BCUT2D eigenvalue weighted by atomic mass is 79.9. The summed E-state index contributed by atoms with van der Waals surface area (Å²) in [4.78, 5) is 19.3. The minimum atomic E-state index is -0.0929. The van der Waals surface area contributed by atoms with Gasteiger partial charge in [0, 0.05) is 30.6 Å². The molecule has 27 heavy (non-hydrogen) atoms. The average molecular weight is 429 g/mol. The van der Waals surface area contributed by atoms with E-state index in [1.165, 1.54) is 0 Å². The number of rotatable bonds is 1. The first kappa shape index (κ1) is 16.6. The lowest BCUT2D eigenvalue weighted by Crippen LogP contribution is -2.39. The summed E-state index contributed by atoms with van der Waals surface area (Å²) < 4.78 is 13.9. The van der Waals surface area contributed by atoms with Crippen molar-refractivity contribution in [1.82, 2.24) is 19.5 Å². The molecule has 0 saturated carbocycles. The third-order valence-corrected chi connectivity index (χ3v) is 5.54. The monoisotopic (exact) mass is 428 g/mol. The fraction of sp³-hybridized carbons (Fsp3) is 0.316. The molecular formula is C19H17BrN4O3. The van der Waals surface area contributed by atoms with Gasteiger partial charge in [-0.05, 0) is 40.9 Å². The molecule has 138 valence electrons. The van der Waals surface area contributed by atoms with E-state index in [9.17, 15) is 4.79 Å². The second-order valence-corrected chi connectivity index (χ2v) is 7.60. The summed E-state index contributed by atoms with van der Waals surface area (Å²) in [7, 11) is 0. The lowest BCUT2D eigenvalue weighted by molar-refractivity contribution is 0.0667. The smallest absolute Gasteiger partial charge is 0.274 e. The molecule has 0 aliphatic carbocycles. The summed E-state index contributed by atoms with van der Waals surface area (Å²) in [5.74, 6) is 1.54. The number of ether oxygens (including phenoxy) is 2. The van der Waals surface area contributed by atoms with Crippen molar-refractivity contribution >= 4 is 27.5 Å². The number of halogens is 1. The summed E-state index contributed by atoms with van der Waals surface area (Å²) in [6.07, 6.45) is 4.21. The molecule has 0 saturated heterocycles. The van der Waals surface area contributed by atoms with Crippen LogP contribution in [0.2, 0.25) is 0 Å². The van der Waals surface area contributed by atoms with Crippen LogP contribution in [0, 0.1) is 0 Å². The Morgan fingerprint density at radius 3 is 3.04 bits per heavy atom. The van der Waals surface area contributed by atoms with Gasteiger partial charge in [0.2, 0.25) is 0 Å². The standard InChI is InChI=1S/C19H17BrN4O3/c1-11-13-2-3-16-18(27-7-6-26-16)14(13)4-5-23(11)19(25)15-8-17-21-9-12(20)10-24(17)22-15/h2-3,8-11H,4-7H2,1H3. The van der Waals surface area contributed by atoms with Crippen LogP contribution in [0.1, 0.15) is 34.6 Å². The normalized spacial score (nSPS) is 18.4. The number of fused-ring (bicyclic) bond motifs is 4. The largest absolute Gasteiger partial charge is 0.486 e. The molecule has 3 aromatic rings. The van der Waals surface area contributed by atoms with Crippen LogP contribution < -0.4 is 9.47 Å². The van der Waals surface area contributed by atoms with Crippen molar-refractivity contribution in [1.29, 1.82) is 0 Å². The minimum Gasteiger partial charge on any atom is -0.486 e. The fourth-order valence-electron chi connectivity index (χ4n) is 3.81. The first-order chi connectivity index (χ1) is 13.1. The Morgan fingerprint density at radius 1 is 1.30 bits per heavy atom. The maximum absolute atomic E-state index is 13.1. The second kappa shape index (κ2) is 6.23. The minimum absolute atomic E-state index is 0.0680. The predicted octanol–water partition coefficient (Wildman–Crippen LogP) is 3.02. The SMILES string of the molecule is CC1c2ccc3c(c2CCN1C(=O)c1cc2ncc(Br)cn2n1)OCCO3. The molecule has 1 unspecified atom stereocenters. The van der Waals surface area contributed by atoms with Crippen molar-refractivity contribution in [3.05, 3.63) is 51.9 Å². The highest BCUT2D eigenvalue weighted by Gasteiger charge is 2.33. The van der Waals surface area contributed by atoms with Crippen molar-refractivity contribution < 1.29 is 14.3 Å². The van der Waals surface area contributed by atoms with Crippen LogP contribution in [0.5, 0.6) is 11.5 Å². The Morgan fingerprint density at radius 2 is 2.15 bits per heavy atom. The molecule has 1 amide bonds. The molecule has 2 aliphatic rings. The zero-order valence-electron chi connectivity index (χ0n) is 14.7. The topological polar surface area (TPSA) is 69.0 Å². The molecular weight excluding hydrogens is 412 g/mol. The van der Waals surface area contributed by atoms with E-state index in [-0.39, 0.29) is 11.9 Å². The van der Waals surface area contributed by atoms with Crippen LogP contribution in [0.3, 0.4) is 0 Å². The van der Waals surface area contributed by atoms with E-state index in [1.54, 1.807) is 23.0 Å². The fourth-order valence-corrected chi connectivity index (χ4v) is 4.11. The van der Waals surface area contributed by atoms with Crippen molar-refractivity contribution in [2.45, 2.75) is 19.4 Å². The average Bonchev–Trinajstić information content (AvgIpc) is 3.11. The Balaban J connectivity index is 1.48. The van der Waals surface area contributed by atoms with E-state index < -0.39 is 0 Å². The first-order valence-corrected chi connectivity index (χ1v) is 9.64. The molecule has 0 N–H and O–H groups in total. The first-order valence-electron chi connectivity index (χ1n) is 8.85. The molecule has 2 aliphatic heterocycles. The number of amides is 1. The van der Waals surface area contributed by atoms with Crippen LogP contribution in [0.4, 0.5) is 0 Å². The van der Waals surface area contributed by atoms with Crippen LogP contribution in [0.25, 0.3) is 5.65 Å². The number of nitrogens with zero attached hydrogens (tertiary/aromatic N) is 4. The Labute approximate surface area is 164 Å². The highest BCUT2D eigenvalue weighted by Crippen LogP contribution is 2.42. The van der Waals surface area contributed by atoms with Crippen molar-refractivity contribution in [3.63, 3.8) is 0 Å². The summed E-state index contributed by atoms with van der Waals surface area (Å²) in [6, 6.07) is 5.63. The molecule has 0 fully saturated rings. The van der Waals surface area contributed by atoms with Gasteiger partial charge < -0.3 is 14.4 Å². The van der Waals surface area contributed by atoms with Gasteiger partial charge in [0.05, 0.1) is 10.5 Å². The van der Waals surface area contributed by atoms with Crippen LogP contribution in [-0.4, -0.2) is 45.2 Å². The van der Waals surface area contributed by atoms with Gasteiger partial charge in [-0.15, -0.1) is 0 Å². The van der Waals surface area contributed by atoms with E-state index in [4.69, 9.17) is 9.47 Å². The lowest BCUT2D eigenvalue weighted by atomic mass is 9.92. The third kappa shape index (κ3) is 2.66. The van der Waals surface area contributed by atoms with E-state index in [1.807, 2.05) is 24.0 Å². The number of aromatic nitrogens is 3. The zero-order valence-corrected chi connectivity index (χ0v) is 16.3. The molecule has 4 heterocycles. The molecule has 7 nitrogen and oxygen atoms in total. The van der Waals surface area contributed by atoms with Gasteiger partial charge in [0.15, 0.2) is 22.8 Å². The number of carbonyl (C=O) groups is 1. The number of benzene rings is 1. The zero-order chi connectivity index (χ0) is 18.5. The molecule has 5 rings (SSSR count). The summed E-state index contributed by atoms with van der Waals surface area (Å²) in [6.45, 7) is 3.78. The van der Waals surface area contributed by atoms with Crippen molar-refractivity contribution in [3.8, 4) is 11.5 Å². The van der Waals surface area contributed by atoms with Crippen molar-refractivity contribution in [2.75, 3.05) is 19.8 Å². The molecule has 2 aromatic heterocycles. The van der Waals surface area contributed by atoms with Crippen LogP contribution in [-0.2, 0) is 6.42 Å². The maximum Gasteiger partial charge on any atom is 0.274 e. The van der Waals surface area contributed by atoms with Gasteiger partial charge in [-0.2, -0.15) is 5.10 Å². The maximum atomic E-state index is 13.1. The molecule has 8 heteroatoms. The van der Waals surface area contributed by atoms with Crippen molar-refractivity contribution in [2.24, 2.45) is 0 Å². The van der Waals surface area contributed by atoms with Gasteiger partial charge in [-0.1, -0.05) is 6.07 Å². The number of hydrogen-bond acceptors (Lipinski definition) is 5. The molecule has 1 aromatic carbocycles. The molecule has 1 atom stereocenters. The quantitative estimate of drug-likeness (QED) is 0.595. The van der Waals surface area contributed by atoms with Gasteiger partial charge >= 0.3 is 0 Å². The van der Waals surface area contributed by atoms with E-state index in [2.05, 4.69) is 26.0 Å². The summed E-state index contributed by atoms with van der Waals surface area (Å²) in [5.41, 5.74) is 3.28. The Kier molecular flexibility index (Phi) is 3.82. The van der Waals surface area contributed by atoms with E-state index in [0.717, 1.165) is 33.5 Å².